The van der Waals surface area contributed by atoms with E-state index in [1.165, 1.54) is 6.42 Å². The summed E-state index contributed by atoms with van der Waals surface area (Å²) in [5.41, 5.74) is 5.55. The van der Waals surface area contributed by atoms with Crippen molar-refractivity contribution >= 4 is 5.82 Å². The van der Waals surface area contributed by atoms with E-state index in [4.69, 9.17) is 5.73 Å². The molecule has 4 nitrogen and oxygen atoms in total. The van der Waals surface area contributed by atoms with Gasteiger partial charge in [0.15, 0.2) is 0 Å². The second kappa shape index (κ2) is 4.37. The lowest BCUT2D eigenvalue weighted by molar-refractivity contribution is 0.546. The minimum atomic E-state index is 0.738. The maximum atomic E-state index is 5.55. The molecule has 4 heteroatoms. The van der Waals surface area contributed by atoms with Crippen LogP contribution in [0.3, 0.4) is 0 Å². The van der Waals surface area contributed by atoms with Crippen LogP contribution in [-0.4, -0.2) is 29.6 Å². The molecule has 1 aliphatic heterocycles. The van der Waals surface area contributed by atoms with Crippen molar-refractivity contribution in [3.8, 4) is 0 Å². The van der Waals surface area contributed by atoms with Gasteiger partial charge in [-0.2, -0.15) is 0 Å². The Bertz CT molecular complexity index is 275. The fourth-order valence-corrected chi connectivity index (χ4v) is 1.97. The third-order valence-corrected chi connectivity index (χ3v) is 2.73. The highest BCUT2D eigenvalue weighted by Gasteiger charge is 2.22. The summed E-state index contributed by atoms with van der Waals surface area (Å²) in [5, 5.41) is 0. The molecule has 1 aliphatic rings. The Morgan fingerprint density at radius 2 is 2.43 bits per heavy atom. The average Bonchev–Trinajstić information content (AvgIpc) is 2.68. The van der Waals surface area contributed by atoms with Gasteiger partial charge in [0.2, 0.25) is 0 Å². The van der Waals surface area contributed by atoms with E-state index < -0.39 is 0 Å². The van der Waals surface area contributed by atoms with Crippen molar-refractivity contribution in [3.05, 3.63) is 18.6 Å². The highest BCUT2D eigenvalue weighted by atomic mass is 15.2. The fraction of sp³-hybridized carbons (Fsp3) is 0.600. The molecule has 1 saturated heterocycles. The van der Waals surface area contributed by atoms with Gasteiger partial charge in [0.1, 0.15) is 5.82 Å². The van der Waals surface area contributed by atoms with Gasteiger partial charge in [0.05, 0.1) is 6.20 Å². The number of anilines is 1. The van der Waals surface area contributed by atoms with Crippen LogP contribution in [0.5, 0.6) is 0 Å². The van der Waals surface area contributed by atoms with Crippen LogP contribution in [0, 0.1) is 5.92 Å². The Balaban J connectivity index is 1.96. The Morgan fingerprint density at radius 3 is 3.14 bits per heavy atom. The largest absolute Gasteiger partial charge is 0.355 e. The molecule has 1 unspecified atom stereocenters. The van der Waals surface area contributed by atoms with E-state index in [9.17, 15) is 0 Å². The van der Waals surface area contributed by atoms with E-state index in [-0.39, 0.29) is 0 Å². The summed E-state index contributed by atoms with van der Waals surface area (Å²) in [6.07, 6.45) is 7.62. The minimum absolute atomic E-state index is 0.738. The molecule has 0 amide bonds. The minimum Gasteiger partial charge on any atom is -0.355 e. The molecule has 76 valence electrons. The lowest BCUT2D eigenvalue weighted by atomic mass is 10.1. The molecule has 1 aromatic heterocycles. The van der Waals surface area contributed by atoms with Crippen LogP contribution < -0.4 is 10.6 Å². The van der Waals surface area contributed by atoms with E-state index in [0.29, 0.717) is 0 Å². The molecule has 1 fully saturated rings. The number of aromatic nitrogens is 2. The van der Waals surface area contributed by atoms with E-state index in [1.54, 1.807) is 12.4 Å². The van der Waals surface area contributed by atoms with Gasteiger partial charge in [-0.25, -0.2) is 4.98 Å². The number of hydrogen-bond acceptors (Lipinski definition) is 4. The van der Waals surface area contributed by atoms with Crippen LogP contribution in [0.4, 0.5) is 5.82 Å². The van der Waals surface area contributed by atoms with Gasteiger partial charge in [0, 0.05) is 25.5 Å². The zero-order chi connectivity index (χ0) is 9.80. The summed E-state index contributed by atoms with van der Waals surface area (Å²) >= 11 is 0. The van der Waals surface area contributed by atoms with Crippen molar-refractivity contribution in [3.63, 3.8) is 0 Å². The molecular weight excluding hydrogens is 176 g/mol. The second-order valence-electron chi connectivity index (χ2n) is 3.74. The first-order valence-electron chi connectivity index (χ1n) is 5.11. The molecule has 14 heavy (non-hydrogen) atoms. The Morgan fingerprint density at radius 1 is 1.50 bits per heavy atom. The second-order valence-corrected chi connectivity index (χ2v) is 3.74. The van der Waals surface area contributed by atoms with Crippen molar-refractivity contribution < 1.29 is 0 Å². The summed E-state index contributed by atoms with van der Waals surface area (Å²) in [6, 6.07) is 0. The summed E-state index contributed by atoms with van der Waals surface area (Å²) in [5.74, 6) is 1.73. The molecule has 2 N–H and O–H groups in total. The van der Waals surface area contributed by atoms with Crippen molar-refractivity contribution in [1.82, 2.24) is 9.97 Å². The lowest BCUT2D eigenvalue weighted by Gasteiger charge is -2.16. The first-order chi connectivity index (χ1) is 6.90. The van der Waals surface area contributed by atoms with Crippen LogP contribution in [-0.2, 0) is 0 Å². The van der Waals surface area contributed by atoms with Crippen LogP contribution in [0.1, 0.15) is 12.8 Å². The smallest absolute Gasteiger partial charge is 0.147 e. The molecular formula is C10H16N4. The molecule has 1 atom stereocenters. The third kappa shape index (κ3) is 2.01. The standard InChI is InChI=1S/C10H16N4/c11-3-1-9-2-6-14(8-9)10-7-12-4-5-13-10/h4-5,7,9H,1-3,6,8,11H2. The topological polar surface area (TPSA) is 55.0 Å². The number of hydrogen-bond donors (Lipinski definition) is 1. The van der Waals surface area contributed by atoms with Crippen molar-refractivity contribution in [2.75, 3.05) is 24.5 Å². The molecule has 1 aromatic rings. The first kappa shape index (κ1) is 9.40. The zero-order valence-electron chi connectivity index (χ0n) is 8.26. The van der Waals surface area contributed by atoms with Crippen LogP contribution in [0.25, 0.3) is 0 Å². The molecule has 0 aliphatic carbocycles. The first-order valence-corrected chi connectivity index (χ1v) is 5.11. The number of nitrogens with two attached hydrogens (primary N) is 1. The molecule has 0 aromatic carbocycles. The van der Waals surface area contributed by atoms with E-state index in [2.05, 4.69) is 14.9 Å². The van der Waals surface area contributed by atoms with Crippen LogP contribution in [0.2, 0.25) is 0 Å². The van der Waals surface area contributed by atoms with Gasteiger partial charge in [0.25, 0.3) is 0 Å². The van der Waals surface area contributed by atoms with Crippen molar-refractivity contribution in [2.45, 2.75) is 12.8 Å². The van der Waals surface area contributed by atoms with Crippen molar-refractivity contribution in [2.24, 2.45) is 11.7 Å². The SMILES string of the molecule is NCCC1CCN(c2cnccn2)C1. The van der Waals surface area contributed by atoms with Gasteiger partial charge in [-0.1, -0.05) is 0 Å². The molecule has 0 bridgehead atoms. The van der Waals surface area contributed by atoms with Gasteiger partial charge in [-0.05, 0) is 25.3 Å². The van der Waals surface area contributed by atoms with E-state index >= 15 is 0 Å². The average molecular weight is 192 g/mol. The van der Waals surface area contributed by atoms with Crippen molar-refractivity contribution in [1.29, 1.82) is 0 Å². The molecule has 2 heterocycles. The zero-order valence-corrected chi connectivity index (χ0v) is 8.26. The Labute approximate surface area is 84.2 Å². The Kier molecular flexibility index (Phi) is 2.93. The molecule has 0 radical (unpaired) electrons. The number of nitrogens with zero attached hydrogens (tertiary/aromatic N) is 3. The van der Waals surface area contributed by atoms with Crippen LogP contribution >= 0.6 is 0 Å². The van der Waals surface area contributed by atoms with Gasteiger partial charge in [-0.15, -0.1) is 0 Å². The Hall–Kier alpha value is -1.16. The number of rotatable bonds is 3. The summed E-state index contributed by atoms with van der Waals surface area (Å²) in [6.45, 7) is 2.96. The van der Waals surface area contributed by atoms with Gasteiger partial charge >= 0.3 is 0 Å². The summed E-state index contributed by atoms with van der Waals surface area (Å²) in [4.78, 5) is 10.6. The molecule has 0 saturated carbocycles. The predicted octanol–water partition coefficient (Wildman–Crippen LogP) is 0.652. The quantitative estimate of drug-likeness (QED) is 0.764. The normalized spacial score (nSPS) is 21.5. The third-order valence-electron chi connectivity index (χ3n) is 2.73. The fourth-order valence-electron chi connectivity index (χ4n) is 1.97. The maximum Gasteiger partial charge on any atom is 0.147 e. The van der Waals surface area contributed by atoms with Crippen LogP contribution in [0.15, 0.2) is 18.6 Å². The van der Waals surface area contributed by atoms with Gasteiger partial charge < -0.3 is 10.6 Å². The highest BCUT2D eigenvalue weighted by Crippen LogP contribution is 2.22. The molecule has 2 rings (SSSR count). The van der Waals surface area contributed by atoms with E-state index in [1.807, 2.05) is 6.20 Å². The predicted molar refractivity (Wildman–Crippen MR) is 56.0 cm³/mol. The lowest BCUT2D eigenvalue weighted by Crippen LogP contribution is -2.21. The highest BCUT2D eigenvalue weighted by molar-refractivity contribution is 5.36. The monoisotopic (exact) mass is 192 g/mol. The van der Waals surface area contributed by atoms with E-state index in [0.717, 1.165) is 37.8 Å². The summed E-state index contributed by atoms with van der Waals surface area (Å²) in [7, 11) is 0. The molecule has 0 spiro atoms. The van der Waals surface area contributed by atoms with Gasteiger partial charge in [-0.3, -0.25) is 4.98 Å². The maximum absolute atomic E-state index is 5.55. The summed E-state index contributed by atoms with van der Waals surface area (Å²) < 4.78 is 0.